The Bertz CT molecular complexity index is 200. The second-order valence-electron chi connectivity index (χ2n) is 4.73. The number of carboxylic acids is 1. The minimum absolute atomic E-state index is 0.230. The predicted molar refractivity (Wildman–Crippen MR) is 60.9 cm³/mol. The lowest BCUT2D eigenvalue weighted by molar-refractivity contribution is -0.141. The molecule has 1 rings (SSSR count). The van der Waals surface area contributed by atoms with Crippen molar-refractivity contribution in [2.75, 3.05) is 0 Å². The molecule has 0 aromatic rings. The summed E-state index contributed by atoms with van der Waals surface area (Å²) < 4.78 is 0. The zero-order chi connectivity index (χ0) is 11.3. The lowest BCUT2D eigenvalue weighted by Gasteiger charge is -2.24. The molecule has 0 heterocycles. The van der Waals surface area contributed by atoms with Crippen LogP contribution in [0.3, 0.4) is 0 Å². The van der Waals surface area contributed by atoms with Crippen LogP contribution in [0.4, 0.5) is 0 Å². The zero-order valence-corrected chi connectivity index (χ0v) is 9.83. The van der Waals surface area contributed by atoms with E-state index in [4.69, 9.17) is 5.11 Å². The molecule has 0 aromatic carbocycles. The van der Waals surface area contributed by atoms with Crippen molar-refractivity contribution in [1.29, 1.82) is 0 Å². The lowest BCUT2D eigenvalue weighted by Crippen LogP contribution is -2.46. The Kier molecular flexibility index (Phi) is 5.09. The largest absolute Gasteiger partial charge is 0.480 e. The summed E-state index contributed by atoms with van der Waals surface area (Å²) in [7, 11) is 0. The molecule has 3 nitrogen and oxygen atoms in total. The van der Waals surface area contributed by atoms with Crippen LogP contribution in [-0.4, -0.2) is 23.2 Å². The highest BCUT2D eigenvalue weighted by molar-refractivity contribution is 5.73. The summed E-state index contributed by atoms with van der Waals surface area (Å²) in [4.78, 5) is 11.1. The molecule has 0 aliphatic heterocycles. The predicted octanol–water partition coefficient (Wildman–Crippen LogP) is 2.41. The van der Waals surface area contributed by atoms with Crippen LogP contribution in [0.5, 0.6) is 0 Å². The van der Waals surface area contributed by atoms with E-state index in [9.17, 15) is 4.79 Å². The van der Waals surface area contributed by atoms with E-state index in [0.29, 0.717) is 6.04 Å². The van der Waals surface area contributed by atoms with E-state index >= 15 is 0 Å². The minimum atomic E-state index is -0.692. The molecule has 0 saturated heterocycles. The number of rotatable bonds is 6. The van der Waals surface area contributed by atoms with Crippen LogP contribution < -0.4 is 5.32 Å². The van der Waals surface area contributed by atoms with Crippen LogP contribution in [0.2, 0.25) is 0 Å². The van der Waals surface area contributed by atoms with E-state index in [0.717, 1.165) is 25.7 Å². The number of carbonyl (C=O) groups is 1. The van der Waals surface area contributed by atoms with Gasteiger partial charge in [0.05, 0.1) is 0 Å². The van der Waals surface area contributed by atoms with Crippen LogP contribution in [0.15, 0.2) is 0 Å². The molecule has 2 atom stereocenters. The average Bonchev–Trinajstić information content (AvgIpc) is 2.66. The Morgan fingerprint density at radius 1 is 1.47 bits per heavy atom. The molecule has 15 heavy (non-hydrogen) atoms. The van der Waals surface area contributed by atoms with Crippen molar-refractivity contribution in [2.24, 2.45) is 5.92 Å². The second kappa shape index (κ2) is 6.11. The van der Waals surface area contributed by atoms with Crippen LogP contribution in [-0.2, 0) is 4.79 Å². The third-order valence-electron chi connectivity index (χ3n) is 3.35. The van der Waals surface area contributed by atoms with Crippen LogP contribution in [0, 0.1) is 5.92 Å². The molecule has 1 aliphatic rings. The highest BCUT2D eigenvalue weighted by Crippen LogP contribution is 2.20. The molecule has 2 unspecified atom stereocenters. The summed E-state index contributed by atoms with van der Waals surface area (Å²) in [5.74, 6) is -0.462. The van der Waals surface area contributed by atoms with Crippen molar-refractivity contribution in [3.05, 3.63) is 0 Å². The van der Waals surface area contributed by atoms with Crippen molar-refractivity contribution < 1.29 is 9.90 Å². The normalized spacial score (nSPS) is 21.5. The second-order valence-corrected chi connectivity index (χ2v) is 4.73. The Morgan fingerprint density at radius 3 is 2.53 bits per heavy atom. The standard InChI is InChI=1S/C12H23NO2/c1-3-6-9(2)11(12(14)15)13-10-7-4-5-8-10/h9-11,13H,3-8H2,1-2H3,(H,14,15). The topological polar surface area (TPSA) is 49.3 Å². The first-order chi connectivity index (χ1) is 7.15. The van der Waals surface area contributed by atoms with Crippen LogP contribution in [0.25, 0.3) is 0 Å². The summed E-state index contributed by atoms with van der Waals surface area (Å²) in [5.41, 5.74) is 0. The summed E-state index contributed by atoms with van der Waals surface area (Å²) in [6.07, 6.45) is 6.80. The molecule has 0 amide bonds. The van der Waals surface area contributed by atoms with Crippen LogP contribution in [0.1, 0.15) is 52.4 Å². The first kappa shape index (κ1) is 12.5. The number of carboxylic acid groups (broad SMARTS) is 1. The van der Waals surface area contributed by atoms with Gasteiger partial charge in [0.1, 0.15) is 6.04 Å². The average molecular weight is 213 g/mol. The fourth-order valence-electron chi connectivity index (χ4n) is 2.45. The van der Waals surface area contributed by atoms with Gasteiger partial charge in [-0.15, -0.1) is 0 Å². The van der Waals surface area contributed by atoms with Crippen molar-refractivity contribution in [2.45, 2.75) is 64.5 Å². The van der Waals surface area contributed by atoms with E-state index in [1.807, 2.05) is 6.92 Å². The Labute approximate surface area is 92.3 Å². The molecular weight excluding hydrogens is 190 g/mol. The number of aliphatic carboxylic acids is 1. The molecule has 0 bridgehead atoms. The Morgan fingerprint density at radius 2 is 2.07 bits per heavy atom. The fourth-order valence-corrected chi connectivity index (χ4v) is 2.45. The quantitative estimate of drug-likeness (QED) is 0.712. The van der Waals surface area contributed by atoms with Gasteiger partial charge in [0.15, 0.2) is 0 Å². The SMILES string of the molecule is CCCC(C)C(NC1CCCC1)C(=O)O. The van der Waals surface area contributed by atoms with Gasteiger partial charge in [0, 0.05) is 6.04 Å². The van der Waals surface area contributed by atoms with Gasteiger partial charge in [0.2, 0.25) is 0 Å². The maximum atomic E-state index is 11.1. The molecular formula is C12H23NO2. The summed E-state index contributed by atoms with van der Waals surface area (Å²) in [5, 5.41) is 12.5. The summed E-state index contributed by atoms with van der Waals surface area (Å²) >= 11 is 0. The van der Waals surface area contributed by atoms with Crippen molar-refractivity contribution in [3.63, 3.8) is 0 Å². The van der Waals surface area contributed by atoms with Gasteiger partial charge >= 0.3 is 5.97 Å². The summed E-state index contributed by atoms with van der Waals surface area (Å²) in [6.45, 7) is 4.13. The van der Waals surface area contributed by atoms with E-state index < -0.39 is 5.97 Å². The van der Waals surface area contributed by atoms with Gasteiger partial charge in [-0.25, -0.2) is 0 Å². The molecule has 0 radical (unpaired) electrons. The van der Waals surface area contributed by atoms with Crippen molar-refractivity contribution in [3.8, 4) is 0 Å². The van der Waals surface area contributed by atoms with Crippen molar-refractivity contribution in [1.82, 2.24) is 5.32 Å². The molecule has 88 valence electrons. The molecule has 3 heteroatoms. The third-order valence-corrected chi connectivity index (χ3v) is 3.35. The van der Waals surface area contributed by atoms with Gasteiger partial charge in [-0.05, 0) is 25.2 Å². The number of nitrogens with one attached hydrogen (secondary N) is 1. The highest BCUT2D eigenvalue weighted by atomic mass is 16.4. The van der Waals surface area contributed by atoms with Gasteiger partial charge < -0.3 is 10.4 Å². The highest BCUT2D eigenvalue weighted by Gasteiger charge is 2.27. The minimum Gasteiger partial charge on any atom is -0.480 e. The monoisotopic (exact) mass is 213 g/mol. The first-order valence-corrected chi connectivity index (χ1v) is 6.14. The Balaban J connectivity index is 2.45. The van der Waals surface area contributed by atoms with Crippen molar-refractivity contribution >= 4 is 5.97 Å². The third kappa shape index (κ3) is 3.82. The summed E-state index contributed by atoms with van der Waals surface area (Å²) in [6, 6.07) is 0.0819. The smallest absolute Gasteiger partial charge is 0.320 e. The molecule has 0 aromatic heterocycles. The number of hydrogen-bond donors (Lipinski definition) is 2. The molecule has 0 spiro atoms. The lowest BCUT2D eigenvalue weighted by atomic mass is 9.96. The Hall–Kier alpha value is -0.570. The van der Waals surface area contributed by atoms with Crippen LogP contribution >= 0.6 is 0 Å². The fraction of sp³-hybridized carbons (Fsp3) is 0.917. The molecule has 1 fully saturated rings. The van der Waals surface area contributed by atoms with E-state index in [1.165, 1.54) is 12.8 Å². The van der Waals surface area contributed by atoms with E-state index in [1.54, 1.807) is 0 Å². The maximum Gasteiger partial charge on any atom is 0.320 e. The van der Waals surface area contributed by atoms with Gasteiger partial charge in [0.25, 0.3) is 0 Å². The zero-order valence-electron chi connectivity index (χ0n) is 9.83. The number of hydrogen-bond acceptors (Lipinski definition) is 2. The first-order valence-electron chi connectivity index (χ1n) is 6.14. The molecule has 1 aliphatic carbocycles. The molecule has 2 N–H and O–H groups in total. The maximum absolute atomic E-state index is 11.1. The molecule has 1 saturated carbocycles. The van der Waals surface area contributed by atoms with E-state index in [2.05, 4.69) is 12.2 Å². The van der Waals surface area contributed by atoms with E-state index in [-0.39, 0.29) is 12.0 Å². The van der Waals surface area contributed by atoms with Gasteiger partial charge in [-0.1, -0.05) is 33.1 Å². The van der Waals surface area contributed by atoms with Gasteiger partial charge in [-0.2, -0.15) is 0 Å². The van der Waals surface area contributed by atoms with Gasteiger partial charge in [-0.3, -0.25) is 4.79 Å².